The van der Waals surface area contributed by atoms with Gasteiger partial charge in [-0.25, -0.2) is 9.18 Å². The Morgan fingerprint density at radius 1 is 1.22 bits per heavy atom. The van der Waals surface area contributed by atoms with Crippen molar-refractivity contribution in [1.82, 2.24) is 14.8 Å². The summed E-state index contributed by atoms with van der Waals surface area (Å²) in [5.41, 5.74) is 0.991. The van der Waals surface area contributed by atoms with Crippen molar-refractivity contribution in [3.63, 3.8) is 0 Å². The van der Waals surface area contributed by atoms with E-state index in [1.165, 1.54) is 52.9 Å². The molecule has 1 fully saturated rings. The first-order chi connectivity index (χ1) is 17.2. The topological polar surface area (TPSA) is 118 Å². The molecule has 36 heavy (non-hydrogen) atoms. The molecule has 2 heterocycles. The number of ether oxygens (including phenoxy) is 1. The third-order valence-corrected chi connectivity index (χ3v) is 6.34. The maximum absolute atomic E-state index is 14.2. The number of Topliss-reactive ketones (excluding diaryl/α,β-unsaturated/α-hetero) is 1. The number of rotatable bonds is 7. The number of nitrogens with zero attached hydrogens (tertiary/aromatic N) is 2. The molecule has 4 rings (SSSR count). The van der Waals surface area contributed by atoms with E-state index in [4.69, 9.17) is 16.3 Å². The van der Waals surface area contributed by atoms with Gasteiger partial charge in [0.05, 0.1) is 29.3 Å². The first-order valence-corrected chi connectivity index (χ1v) is 11.5. The van der Waals surface area contributed by atoms with Crippen molar-refractivity contribution in [2.45, 2.75) is 26.1 Å². The monoisotopic (exact) mass is 515 g/mol. The van der Waals surface area contributed by atoms with Crippen molar-refractivity contribution in [2.75, 3.05) is 19.8 Å². The fraction of sp³-hybridized carbons (Fsp3) is 0.280. The van der Waals surface area contributed by atoms with Gasteiger partial charge in [-0.1, -0.05) is 29.8 Å². The van der Waals surface area contributed by atoms with E-state index in [2.05, 4.69) is 5.32 Å². The Kier molecular flexibility index (Phi) is 7.37. The van der Waals surface area contributed by atoms with Gasteiger partial charge in [-0.15, -0.1) is 0 Å². The highest BCUT2D eigenvalue weighted by atomic mass is 35.5. The predicted molar refractivity (Wildman–Crippen MR) is 128 cm³/mol. The van der Waals surface area contributed by atoms with Gasteiger partial charge in [0, 0.05) is 35.8 Å². The van der Waals surface area contributed by atoms with Crippen LogP contribution in [0.2, 0.25) is 5.02 Å². The number of carbonyl (C=O) groups excluding carboxylic acids is 3. The third-order valence-electron chi connectivity index (χ3n) is 6.05. The summed E-state index contributed by atoms with van der Waals surface area (Å²) in [6, 6.07) is 7.86. The summed E-state index contributed by atoms with van der Waals surface area (Å²) in [5.74, 6) is -2.93. The molecule has 1 aliphatic rings. The smallest absolute Gasteiger partial charge is 0.335 e. The van der Waals surface area contributed by atoms with Gasteiger partial charge in [0.1, 0.15) is 18.4 Å². The predicted octanol–water partition coefficient (Wildman–Crippen LogP) is 2.88. The fourth-order valence-electron chi connectivity index (χ4n) is 4.18. The number of amides is 2. The van der Waals surface area contributed by atoms with Gasteiger partial charge in [-0.2, -0.15) is 0 Å². The third kappa shape index (κ3) is 5.09. The number of carboxylic acid groups (broad SMARTS) is 1. The Morgan fingerprint density at radius 2 is 2.00 bits per heavy atom. The van der Waals surface area contributed by atoms with Crippen LogP contribution in [-0.2, 0) is 27.4 Å². The number of nitrogens with one attached hydrogen (secondary N) is 1. The van der Waals surface area contributed by atoms with E-state index >= 15 is 0 Å². The molecule has 1 aromatic heterocycles. The van der Waals surface area contributed by atoms with Crippen molar-refractivity contribution < 1.29 is 33.4 Å². The standard InChI is InChI=1S/C25H23ClFN3O6/c1-14(31)18-11-29(20-9-15(25(34)35)5-6-17(18)20)12-22(32)30-7-8-36-13-21(30)24(33)28-10-16-3-2-4-19(26)23(16)27/h2-6,9,11,21H,7-8,10,12-13H2,1H3,(H,28,33)(H,34,35). The highest BCUT2D eigenvalue weighted by molar-refractivity contribution is 6.30. The lowest BCUT2D eigenvalue weighted by atomic mass is 10.1. The molecule has 9 nitrogen and oxygen atoms in total. The second-order valence-corrected chi connectivity index (χ2v) is 8.78. The highest BCUT2D eigenvalue weighted by Crippen LogP contribution is 2.24. The number of aromatic carboxylic acids is 1. The molecule has 11 heteroatoms. The van der Waals surface area contributed by atoms with Gasteiger partial charge in [-0.3, -0.25) is 14.4 Å². The Morgan fingerprint density at radius 3 is 2.72 bits per heavy atom. The number of morpholine rings is 1. The molecule has 0 spiro atoms. The van der Waals surface area contributed by atoms with Crippen molar-refractivity contribution in [2.24, 2.45) is 0 Å². The van der Waals surface area contributed by atoms with E-state index in [1.807, 2.05) is 0 Å². The molecule has 2 amide bonds. The quantitative estimate of drug-likeness (QED) is 0.467. The largest absolute Gasteiger partial charge is 0.478 e. The first-order valence-electron chi connectivity index (χ1n) is 11.1. The molecule has 2 N–H and O–H groups in total. The molecule has 1 atom stereocenters. The molecular weight excluding hydrogens is 493 g/mol. The number of hydrogen-bond acceptors (Lipinski definition) is 5. The molecule has 1 saturated heterocycles. The minimum absolute atomic E-state index is 0.0151. The number of hydrogen-bond donors (Lipinski definition) is 2. The minimum Gasteiger partial charge on any atom is -0.478 e. The Bertz CT molecular complexity index is 1370. The molecular formula is C25H23ClFN3O6. The van der Waals surface area contributed by atoms with Crippen LogP contribution >= 0.6 is 11.6 Å². The van der Waals surface area contributed by atoms with Gasteiger partial charge >= 0.3 is 5.97 Å². The van der Waals surface area contributed by atoms with E-state index in [0.717, 1.165) is 0 Å². The first kappa shape index (κ1) is 25.3. The molecule has 3 aromatic rings. The number of benzene rings is 2. The number of halogens is 2. The number of carbonyl (C=O) groups is 4. The summed E-state index contributed by atoms with van der Waals surface area (Å²) in [6.07, 6.45) is 1.51. The highest BCUT2D eigenvalue weighted by Gasteiger charge is 2.33. The lowest BCUT2D eigenvalue weighted by Gasteiger charge is -2.34. The second-order valence-electron chi connectivity index (χ2n) is 8.37. The van der Waals surface area contributed by atoms with Crippen molar-refractivity contribution in [1.29, 1.82) is 0 Å². The van der Waals surface area contributed by atoms with Gasteiger partial charge < -0.3 is 24.6 Å². The van der Waals surface area contributed by atoms with Gasteiger partial charge in [-0.05, 0) is 25.1 Å². The molecule has 188 valence electrons. The molecule has 0 radical (unpaired) electrons. The van der Waals surface area contributed by atoms with E-state index in [-0.39, 0.29) is 54.8 Å². The van der Waals surface area contributed by atoms with Crippen molar-refractivity contribution in [3.8, 4) is 0 Å². The lowest BCUT2D eigenvalue weighted by Crippen LogP contribution is -2.56. The second kappa shape index (κ2) is 10.5. The van der Waals surface area contributed by atoms with Crippen LogP contribution in [-0.4, -0.2) is 63.9 Å². The zero-order valence-corrected chi connectivity index (χ0v) is 20.0. The van der Waals surface area contributed by atoms with Crippen LogP contribution in [0.15, 0.2) is 42.6 Å². The van der Waals surface area contributed by atoms with Crippen LogP contribution < -0.4 is 5.32 Å². The lowest BCUT2D eigenvalue weighted by molar-refractivity contribution is -0.149. The van der Waals surface area contributed by atoms with Gasteiger partial charge in [0.15, 0.2) is 5.78 Å². The number of carboxylic acids is 1. The molecule has 0 aliphatic carbocycles. The summed E-state index contributed by atoms with van der Waals surface area (Å²) in [7, 11) is 0. The average molecular weight is 516 g/mol. The zero-order valence-electron chi connectivity index (χ0n) is 19.3. The maximum Gasteiger partial charge on any atom is 0.335 e. The Labute approximate surface area is 210 Å². The summed E-state index contributed by atoms with van der Waals surface area (Å²) < 4.78 is 21.1. The maximum atomic E-state index is 14.2. The van der Waals surface area contributed by atoms with Crippen molar-refractivity contribution >= 4 is 46.1 Å². The van der Waals surface area contributed by atoms with Crippen LogP contribution in [0.25, 0.3) is 10.9 Å². The number of aromatic nitrogens is 1. The zero-order chi connectivity index (χ0) is 26.0. The van der Waals surface area contributed by atoms with E-state index < -0.39 is 29.6 Å². The van der Waals surface area contributed by atoms with Crippen molar-refractivity contribution in [3.05, 3.63) is 70.1 Å². The van der Waals surface area contributed by atoms with Crippen LogP contribution in [0.1, 0.15) is 33.2 Å². The summed E-state index contributed by atoms with van der Waals surface area (Å²) in [4.78, 5) is 51.1. The molecule has 0 bridgehead atoms. The Hall–Kier alpha value is -3.76. The molecule has 1 aliphatic heterocycles. The minimum atomic E-state index is -1.14. The summed E-state index contributed by atoms with van der Waals surface area (Å²) in [5, 5.41) is 12.5. The Balaban J connectivity index is 1.55. The number of fused-ring (bicyclic) bond motifs is 1. The van der Waals surface area contributed by atoms with E-state index in [1.54, 1.807) is 6.07 Å². The molecule has 1 unspecified atom stereocenters. The normalized spacial score (nSPS) is 15.6. The average Bonchev–Trinajstić information content (AvgIpc) is 3.22. The van der Waals surface area contributed by atoms with E-state index in [0.29, 0.717) is 16.5 Å². The van der Waals surface area contributed by atoms with Crippen LogP contribution in [0, 0.1) is 5.82 Å². The summed E-state index contributed by atoms with van der Waals surface area (Å²) >= 11 is 5.79. The fourth-order valence-corrected chi connectivity index (χ4v) is 4.37. The molecule has 0 saturated carbocycles. The molecule has 2 aromatic carbocycles. The van der Waals surface area contributed by atoms with Crippen LogP contribution in [0.5, 0.6) is 0 Å². The SMILES string of the molecule is CC(=O)c1cn(CC(=O)N2CCOCC2C(=O)NCc2cccc(Cl)c2F)c2cc(C(=O)O)ccc12. The number of ketones is 1. The van der Waals surface area contributed by atoms with Gasteiger partial charge in [0.25, 0.3) is 0 Å². The van der Waals surface area contributed by atoms with Crippen LogP contribution in [0.3, 0.4) is 0 Å². The summed E-state index contributed by atoms with van der Waals surface area (Å²) in [6.45, 7) is 1.39. The van der Waals surface area contributed by atoms with Gasteiger partial charge in [0.2, 0.25) is 11.8 Å². The van der Waals surface area contributed by atoms with Crippen LogP contribution in [0.4, 0.5) is 4.39 Å². The van der Waals surface area contributed by atoms with E-state index in [9.17, 15) is 28.7 Å².